The maximum absolute atomic E-state index is 10.4. The number of ether oxygens (including phenoxy) is 1. The minimum atomic E-state index is -0.623. The van der Waals surface area contributed by atoms with Gasteiger partial charge in [0.25, 0.3) is 0 Å². The van der Waals surface area contributed by atoms with Crippen molar-refractivity contribution in [3.63, 3.8) is 0 Å². The van der Waals surface area contributed by atoms with Crippen LogP contribution in [0.4, 0.5) is 0 Å². The molecular formula is C23H40O3. The molecule has 3 nitrogen and oxygen atoms in total. The van der Waals surface area contributed by atoms with Crippen LogP contribution in [0.15, 0.2) is 30.3 Å². The predicted octanol–water partition coefficient (Wildman–Crippen LogP) is 5.28. The molecule has 0 amide bonds. The van der Waals surface area contributed by atoms with Crippen molar-refractivity contribution in [2.45, 2.75) is 96.2 Å². The first-order chi connectivity index (χ1) is 12.6. The van der Waals surface area contributed by atoms with Crippen molar-refractivity contribution >= 4 is 0 Å². The monoisotopic (exact) mass is 364 g/mol. The molecular weight excluding hydrogens is 324 g/mol. The zero-order valence-electron chi connectivity index (χ0n) is 17.2. The summed E-state index contributed by atoms with van der Waals surface area (Å²) in [5, 5.41) is 20.6. The Balaban J connectivity index is 3.10. The minimum absolute atomic E-state index is 0.0120. The lowest BCUT2D eigenvalue weighted by atomic mass is 9.85. The highest BCUT2D eigenvalue weighted by molar-refractivity contribution is 5.17. The van der Waals surface area contributed by atoms with Crippen LogP contribution in [0.5, 0.6) is 0 Å². The molecule has 0 bridgehead atoms. The molecule has 0 aliphatic carbocycles. The van der Waals surface area contributed by atoms with Crippen molar-refractivity contribution in [1.29, 1.82) is 0 Å². The van der Waals surface area contributed by atoms with Crippen LogP contribution in [0.1, 0.15) is 84.1 Å². The van der Waals surface area contributed by atoms with Crippen LogP contribution in [0.25, 0.3) is 0 Å². The highest BCUT2D eigenvalue weighted by Gasteiger charge is 2.40. The summed E-state index contributed by atoms with van der Waals surface area (Å²) < 4.78 is 6.73. The number of rotatable bonds is 15. The second-order valence-corrected chi connectivity index (χ2v) is 7.76. The van der Waals surface area contributed by atoms with Gasteiger partial charge in [-0.15, -0.1) is 0 Å². The third-order valence-electron chi connectivity index (χ3n) is 5.34. The Kier molecular flexibility index (Phi) is 11.1. The summed E-state index contributed by atoms with van der Waals surface area (Å²) in [4.78, 5) is 0. The fourth-order valence-corrected chi connectivity index (χ4v) is 3.68. The average Bonchev–Trinajstić information content (AvgIpc) is 2.69. The van der Waals surface area contributed by atoms with Gasteiger partial charge in [-0.25, -0.2) is 0 Å². The summed E-state index contributed by atoms with van der Waals surface area (Å²) in [6, 6.07) is 10.3. The number of aliphatic hydroxyl groups excluding tert-OH is 2. The fourth-order valence-electron chi connectivity index (χ4n) is 3.68. The van der Waals surface area contributed by atoms with Crippen LogP contribution in [-0.2, 0) is 11.2 Å². The van der Waals surface area contributed by atoms with E-state index in [2.05, 4.69) is 32.9 Å². The van der Waals surface area contributed by atoms with Gasteiger partial charge in [-0.2, -0.15) is 0 Å². The number of unbranched alkanes of at least 4 members (excludes halogenated alkanes) is 3. The topological polar surface area (TPSA) is 49.7 Å². The van der Waals surface area contributed by atoms with E-state index in [-0.39, 0.29) is 13.2 Å². The number of aliphatic hydroxyl groups is 2. The number of benzene rings is 1. The molecule has 3 heteroatoms. The van der Waals surface area contributed by atoms with Gasteiger partial charge in [0.1, 0.15) is 0 Å². The summed E-state index contributed by atoms with van der Waals surface area (Å²) in [7, 11) is 0. The van der Waals surface area contributed by atoms with Gasteiger partial charge >= 0.3 is 0 Å². The normalized spacial score (nSPS) is 14.3. The van der Waals surface area contributed by atoms with Crippen LogP contribution < -0.4 is 0 Å². The van der Waals surface area contributed by atoms with Crippen LogP contribution in [0.2, 0.25) is 0 Å². The van der Waals surface area contributed by atoms with E-state index in [1.165, 1.54) is 5.56 Å². The molecule has 1 atom stereocenters. The maximum atomic E-state index is 10.4. The molecule has 2 N–H and O–H groups in total. The molecule has 0 saturated carbocycles. The van der Waals surface area contributed by atoms with Crippen molar-refractivity contribution in [3.05, 3.63) is 35.9 Å². The molecule has 150 valence electrons. The lowest BCUT2D eigenvalue weighted by Crippen LogP contribution is -2.50. The first-order valence-electron chi connectivity index (χ1n) is 10.5. The molecule has 0 spiro atoms. The van der Waals surface area contributed by atoms with Crippen molar-refractivity contribution in [1.82, 2.24) is 0 Å². The minimum Gasteiger partial charge on any atom is -0.393 e. The van der Waals surface area contributed by atoms with Gasteiger partial charge in [-0.1, -0.05) is 89.6 Å². The van der Waals surface area contributed by atoms with Crippen molar-refractivity contribution in [2.24, 2.45) is 0 Å². The number of hydrogen-bond donors (Lipinski definition) is 2. The Labute approximate surface area is 160 Å². The van der Waals surface area contributed by atoms with Crippen LogP contribution in [0.3, 0.4) is 0 Å². The van der Waals surface area contributed by atoms with E-state index in [9.17, 15) is 10.2 Å². The SMILES string of the molecule is CCCCC(CO)(CCCC)OC(CO)(CCCC)Cc1ccccc1. The van der Waals surface area contributed by atoms with E-state index in [0.29, 0.717) is 6.42 Å². The predicted molar refractivity (Wildman–Crippen MR) is 109 cm³/mol. The summed E-state index contributed by atoms with van der Waals surface area (Å²) in [5.41, 5.74) is 0.00856. The fraction of sp³-hybridized carbons (Fsp3) is 0.739. The summed E-state index contributed by atoms with van der Waals surface area (Å²) in [6.45, 7) is 6.51. The van der Waals surface area contributed by atoms with Gasteiger partial charge in [0.2, 0.25) is 0 Å². The van der Waals surface area contributed by atoms with Crippen LogP contribution >= 0.6 is 0 Å². The van der Waals surface area contributed by atoms with Gasteiger partial charge in [-0.3, -0.25) is 0 Å². The maximum Gasteiger partial charge on any atom is 0.0960 e. The molecule has 0 heterocycles. The van der Waals surface area contributed by atoms with E-state index in [1.807, 2.05) is 18.2 Å². The summed E-state index contributed by atoms with van der Waals surface area (Å²) in [5.74, 6) is 0. The smallest absolute Gasteiger partial charge is 0.0960 e. The molecule has 0 aliphatic heterocycles. The second kappa shape index (κ2) is 12.5. The van der Waals surface area contributed by atoms with E-state index in [1.54, 1.807) is 0 Å². The number of hydrogen-bond acceptors (Lipinski definition) is 3. The third kappa shape index (κ3) is 7.38. The first-order valence-corrected chi connectivity index (χ1v) is 10.5. The van der Waals surface area contributed by atoms with Crippen molar-refractivity contribution in [2.75, 3.05) is 13.2 Å². The summed E-state index contributed by atoms with van der Waals surface area (Å²) in [6.07, 6.45) is 9.50. The molecule has 1 aromatic rings. The van der Waals surface area contributed by atoms with Gasteiger partial charge in [-0.05, 0) is 24.8 Å². The summed E-state index contributed by atoms with van der Waals surface area (Å²) >= 11 is 0. The Hall–Kier alpha value is -0.900. The molecule has 0 aliphatic rings. The Morgan fingerprint density at radius 3 is 1.62 bits per heavy atom. The molecule has 26 heavy (non-hydrogen) atoms. The third-order valence-corrected chi connectivity index (χ3v) is 5.34. The van der Waals surface area contributed by atoms with Crippen molar-refractivity contribution < 1.29 is 14.9 Å². The van der Waals surface area contributed by atoms with Gasteiger partial charge in [0.05, 0.1) is 24.4 Å². The Morgan fingerprint density at radius 2 is 1.19 bits per heavy atom. The van der Waals surface area contributed by atoms with Crippen LogP contribution in [-0.4, -0.2) is 34.6 Å². The molecule has 1 rings (SSSR count). The van der Waals surface area contributed by atoms with Gasteiger partial charge in [0.15, 0.2) is 0 Å². The first kappa shape index (κ1) is 23.1. The Morgan fingerprint density at radius 1 is 0.731 bits per heavy atom. The van der Waals surface area contributed by atoms with Crippen molar-refractivity contribution in [3.8, 4) is 0 Å². The largest absolute Gasteiger partial charge is 0.393 e. The molecule has 0 fully saturated rings. The highest BCUT2D eigenvalue weighted by atomic mass is 16.5. The zero-order chi connectivity index (χ0) is 19.3. The molecule has 0 radical (unpaired) electrons. The second-order valence-electron chi connectivity index (χ2n) is 7.76. The lowest BCUT2D eigenvalue weighted by molar-refractivity contribution is -0.200. The highest BCUT2D eigenvalue weighted by Crippen LogP contribution is 2.35. The van der Waals surface area contributed by atoms with E-state index < -0.39 is 11.2 Å². The molecule has 0 saturated heterocycles. The lowest BCUT2D eigenvalue weighted by Gasteiger charge is -2.43. The average molecular weight is 365 g/mol. The van der Waals surface area contributed by atoms with Crippen LogP contribution in [0, 0.1) is 0 Å². The van der Waals surface area contributed by atoms with E-state index in [4.69, 9.17) is 4.74 Å². The van der Waals surface area contributed by atoms with E-state index in [0.717, 1.165) is 57.8 Å². The van der Waals surface area contributed by atoms with E-state index >= 15 is 0 Å². The standard InChI is InChI=1S/C23H40O3/c1-4-7-15-22(19-24,16-8-5-2)26-23(20-25,17-9-6-3)18-21-13-11-10-12-14-21/h10-14,24-25H,4-9,15-20H2,1-3H3. The Bertz CT molecular complexity index is 452. The van der Waals surface area contributed by atoms with Gasteiger partial charge in [0, 0.05) is 6.42 Å². The molecule has 1 unspecified atom stereocenters. The van der Waals surface area contributed by atoms with Gasteiger partial charge < -0.3 is 14.9 Å². The zero-order valence-corrected chi connectivity index (χ0v) is 17.2. The molecule has 0 aromatic heterocycles. The molecule has 1 aromatic carbocycles. The quantitative estimate of drug-likeness (QED) is 0.445.